The zero-order valence-electron chi connectivity index (χ0n) is 9.73. The van der Waals surface area contributed by atoms with Gasteiger partial charge in [-0.2, -0.15) is 0 Å². The number of pyridine rings is 1. The number of nitrogens with one attached hydrogen (secondary N) is 1. The van der Waals surface area contributed by atoms with Gasteiger partial charge in [0.1, 0.15) is 0 Å². The van der Waals surface area contributed by atoms with Crippen molar-refractivity contribution in [2.24, 2.45) is 0 Å². The minimum atomic E-state index is 0.122. The van der Waals surface area contributed by atoms with Crippen molar-refractivity contribution >= 4 is 10.8 Å². The molecule has 1 aromatic carbocycles. The van der Waals surface area contributed by atoms with Crippen LogP contribution in [0.15, 0.2) is 41.3 Å². The number of hydrogen-bond acceptors (Lipinski definition) is 2. The Hall–Kier alpha value is -1.61. The molecule has 3 nitrogen and oxygen atoms in total. The highest BCUT2D eigenvalue weighted by molar-refractivity contribution is 5.81. The van der Waals surface area contributed by atoms with Crippen molar-refractivity contribution < 1.29 is 0 Å². The Morgan fingerprint density at radius 2 is 2.18 bits per heavy atom. The third-order valence-electron chi connectivity index (χ3n) is 3.47. The van der Waals surface area contributed by atoms with Crippen molar-refractivity contribution in [3.8, 4) is 0 Å². The van der Waals surface area contributed by atoms with Crippen LogP contribution in [0.3, 0.4) is 0 Å². The van der Waals surface area contributed by atoms with Crippen molar-refractivity contribution in [3.05, 3.63) is 46.9 Å². The van der Waals surface area contributed by atoms with Gasteiger partial charge in [-0.1, -0.05) is 18.2 Å². The van der Waals surface area contributed by atoms with E-state index in [1.165, 1.54) is 12.8 Å². The van der Waals surface area contributed by atoms with Gasteiger partial charge in [0, 0.05) is 24.2 Å². The Morgan fingerprint density at radius 1 is 1.29 bits per heavy atom. The average Bonchev–Trinajstić information content (AvgIpc) is 2.86. The number of aromatic nitrogens is 1. The average molecular weight is 228 g/mol. The maximum atomic E-state index is 12.3. The SMILES string of the molecule is O=c1c2ccccc2ccn1C[C@@H]1CCCN1. The van der Waals surface area contributed by atoms with E-state index in [1.807, 2.05) is 41.1 Å². The standard InChI is InChI=1S/C14H16N2O/c17-14-13-6-2-1-4-11(13)7-9-16(14)10-12-5-3-8-15-12/h1-2,4,6-7,9,12,15H,3,5,8,10H2/t12-/m0/s1. The van der Waals surface area contributed by atoms with Gasteiger partial charge in [-0.3, -0.25) is 4.79 Å². The second-order valence-electron chi connectivity index (χ2n) is 4.65. The molecule has 88 valence electrons. The van der Waals surface area contributed by atoms with Gasteiger partial charge in [0.05, 0.1) is 0 Å². The summed E-state index contributed by atoms with van der Waals surface area (Å²) >= 11 is 0. The fraction of sp³-hybridized carbons (Fsp3) is 0.357. The summed E-state index contributed by atoms with van der Waals surface area (Å²) in [6.07, 6.45) is 4.29. The van der Waals surface area contributed by atoms with Crippen LogP contribution in [0.1, 0.15) is 12.8 Å². The topological polar surface area (TPSA) is 34.0 Å². The van der Waals surface area contributed by atoms with Gasteiger partial charge in [0.25, 0.3) is 5.56 Å². The first-order valence-corrected chi connectivity index (χ1v) is 6.16. The molecule has 1 N–H and O–H groups in total. The van der Waals surface area contributed by atoms with Crippen molar-refractivity contribution in [1.82, 2.24) is 9.88 Å². The van der Waals surface area contributed by atoms with E-state index in [1.54, 1.807) is 0 Å². The molecule has 2 heterocycles. The second kappa shape index (κ2) is 4.34. The molecule has 1 aliphatic rings. The van der Waals surface area contributed by atoms with Gasteiger partial charge >= 0.3 is 0 Å². The van der Waals surface area contributed by atoms with E-state index in [4.69, 9.17) is 0 Å². The number of rotatable bonds is 2. The van der Waals surface area contributed by atoms with E-state index >= 15 is 0 Å². The fourth-order valence-electron chi connectivity index (χ4n) is 2.52. The molecule has 1 aliphatic heterocycles. The summed E-state index contributed by atoms with van der Waals surface area (Å²) in [6, 6.07) is 10.2. The Labute approximate surface area is 100 Å². The van der Waals surface area contributed by atoms with Gasteiger partial charge < -0.3 is 9.88 Å². The van der Waals surface area contributed by atoms with Crippen LogP contribution < -0.4 is 10.9 Å². The molecule has 1 saturated heterocycles. The van der Waals surface area contributed by atoms with E-state index in [0.29, 0.717) is 6.04 Å². The molecular weight excluding hydrogens is 212 g/mol. The van der Waals surface area contributed by atoms with Gasteiger partial charge in [0.2, 0.25) is 0 Å². The highest BCUT2D eigenvalue weighted by Crippen LogP contribution is 2.10. The smallest absolute Gasteiger partial charge is 0.258 e. The van der Waals surface area contributed by atoms with Crippen LogP contribution in [-0.4, -0.2) is 17.2 Å². The van der Waals surface area contributed by atoms with Crippen molar-refractivity contribution in [3.63, 3.8) is 0 Å². The lowest BCUT2D eigenvalue weighted by Crippen LogP contribution is -2.31. The minimum Gasteiger partial charge on any atom is -0.313 e. The van der Waals surface area contributed by atoms with Crippen LogP contribution in [0.25, 0.3) is 10.8 Å². The zero-order chi connectivity index (χ0) is 11.7. The molecule has 2 aromatic rings. The maximum absolute atomic E-state index is 12.3. The normalized spacial score (nSPS) is 19.9. The molecule has 0 saturated carbocycles. The summed E-state index contributed by atoms with van der Waals surface area (Å²) in [5.41, 5.74) is 0.122. The Balaban J connectivity index is 1.99. The molecule has 0 bridgehead atoms. The van der Waals surface area contributed by atoms with Crippen LogP contribution in [-0.2, 0) is 6.54 Å². The Morgan fingerprint density at radius 3 is 3.00 bits per heavy atom. The summed E-state index contributed by atoms with van der Waals surface area (Å²) in [7, 11) is 0. The van der Waals surface area contributed by atoms with Crippen LogP contribution in [0, 0.1) is 0 Å². The summed E-state index contributed by atoms with van der Waals surface area (Å²) in [5.74, 6) is 0. The molecule has 1 atom stereocenters. The molecule has 1 fully saturated rings. The van der Waals surface area contributed by atoms with Crippen molar-refractivity contribution in [2.45, 2.75) is 25.4 Å². The quantitative estimate of drug-likeness (QED) is 0.849. The molecule has 3 heteroatoms. The molecular formula is C14H16N2O. The highest BCUT2D eigenvalue weighted by atomic mass is 16.1. The van der Waals surface area contributed by atoms with E-state index in [9.17, 15) is 4.79 Å². The van der Waals surface area contributed by atoms with E-state index < -0.39 is 0 Å². The maximum Gasteiger partial charge on any atom is 0.258 e. The molecule has 17 heavy (non-hydrogen) atoms. The van der Waals surface area contributed by atoms with E-state index in [2.05, 4.69) is 5.32 Å². The number of fused-ring (bicyclic) bond motifs is 1. The predicted octanol–water partition coefficient (Wildman–Crippen LogP) is 1.75. The van der Waals surface area contributed by atoms with Gasteiger partial charge in [-0.25, -0.2) is 0 Å². The monoisotopic (exact) mass is 228 g/mol. The summed E-state index contributed by atoms with van der Waals surface area (Å²) in [5, 5.41) is 5.26. The second-order valence-corrected chi connectivity index (χ2v) is 4.65. The Kier molecular flexibility index (Phi) is 2.69. The van der Waals surface area contributed by atoms with Crippen molar-refractivity contribution in [1.29, 1.82) is 0 Å². The molecule has 1 aromatic heterocycles. The van der Waals surface area contributed by atoms with Crippen LogP contribution in [0.2, 0.25) is 0 Å². The minimum absolute atomic E-state index is 0.122. The number of benzene rings is 1. The summed E-state index contributed by atoms with van der Waals surface area (Å²) in [6.45, 7) is 1.86. The first-order chi connectivity index (χ1) is 8.34. The lowest BCUT2D eigenvalue weighted by Gasteiger charge is -2.12. The van der Waals surface area contributed by atoms with E-state index in [-0.39, 0.29) is 5.56 Å². The third-order valence-corrected chi connectivity index (χ3v) is 3.47. The molecule has 0 aliphatic carbocycles. The molecule has 0 spiro atoms. The van der Waals surface area contributed by atoms with Gasteiger partial charge in [-0.15, -0.1) is 0 Å². The van der Waals surface area contributed by atoms with Crippen LogP contribution in [0.5, 0.6) is 0 Å². The number of nitrogens with zero attached hydrogens (tertiary/aromatic N) is 1. The van der Waals surface area contributed by atoms with Crippen LogP contribution >= 0.6 is 0 Å². The van der Waals surface area contributed by atoms with Crippen molar-refractivity contribution in [2.75, 3.05) is 6.54 Å². The molecule has 0 radical (unpaired) electrons. The fourth-order valence-corrected chi connectivity index (χ4v) is 2.52. The largest absolute Gasteiger partial charge is 0.313 e. The first kappa shape index (κ1) is 10.5. The summed E-state index contributed by atoms with van der Waals surface area (Å²) in [4.78, 5) is 12.3. The first-order valence-electron chi connectivity index (χ1n) is 6.16. The van der Waals surface area contributed by atoms with Gasteiger partial charge in [0.15, 0.2) is 0 Å². The molecule has 0 unspecified atom stereocenters. The van der Waals surface area contributed by atoms with Gasteiger partial charge in [-0.05, 0) is 36.9 Å². The number of hydrogen-bond donors (Lipinski definition) is 1. The summed E-state index contributed by atoms with van der Waals surface area (Å²) < 4.78 is 1.82. The zero-order valence-corrected chi connectivity index (χ0v) is 9.73. The molecule has 3 rings (SSSR count). The Bertz CT molecular complexity index is 582. The third kappa shape index (κ3) is 1.98. The lowest BCUT2D eigenvalue weighted by molar-refractivity contribution is 0.501. The predicted molar refractivity (Wildman–Crippen MR) is 69.2 cm³/mol. The highest BCUT2D eigenvalue weighted by Gasteiger charge is 2.15. The van der Waals surface area contributed by atoms with Crippen LogP contribution in [0.4, 0.5) is 0 Å². The van der Waals surface area contributed by atoms with E-state index in [0.717, 1.165) is 23.9 Å². The lowest BCUT2D eigenvalue weighted by atomic mass is 10.1. The molecule has 0 amide bonds.